The number of hydrogen-bond acceptors (Lipinski definition) is 3. The van der Waals surface area contributed by atoms with Gasteiger partial charge in [0.25, 0.3) is 0 Å². The van der Waals surface area contributed by atoms with Gasteiger partial charge in [0.2, 0.25) is 0 Å². The third-order valence-corrected chi connectivity index (χ3v) is 3.07. The lowest BCUT2D eigenvalue weighted by Crippen LogP contribution is -2.15. The Labute approximate surface area is 107 Å². The fraction of sp³-hybridized carbons (Fsp3) is 0.300. The molecule has 0 bridgehead atoms. The number of carbonyl (C=O) groups excluding carboxylic acids is 1. The lowest BCUT2D eigenvalue weighted by Gasteiger charge is -2.13. The van der Waals surface area contributed by atoms with E-state index in [0.29, 0.717) is 18.2 Å². The van der Waals surface area contributed by atoms with E-state index in [-0.39, 0.29) is 0 Å². The molecule has 0 fully saturated rings. The molecule has 1 aromatic rings. The quantitative estimate of drug-likeness (QED) is 0.490. The first-order chi connectivity index (χ1) is 8.66. The topological polar surface area (TPSA) is 49.4 Å². The molecule has 0 saturated heterocycles. The molecule has 0 amide bonds. The van der Waals surface area contributed by atoms with E-state index in [9.17, 15) is 31.3 Å². The van der Waals surface area contributed by atoms with Gasteiger partial charge in [-0.2, -0.15) is 22.0 Å². The van der Waals surface area contributed by atoms with E-state index in [0.717, 1.165) is 7.11 Å². The second-order valence-corrected chi connectivity index (χ2v) is 4.72. The molecular formula is C10H7F5O3S. The molecule has 1 atom stereocenters. The van der Waals surface area contributed by atoms with Crippen molar-refractivity contribution >= 4 is 17.1 Å². The van der Waals surface area contributed by atoms with Crippen molar-refractivity contribution in [2.75, 3.05) is 7.11 Å². The van der Waals surface area contributed by atoms with Gasteiger partial charge in [0.15, 0.2) is 4.90 Å². The third-order valence-electron chi connectivity index (χ3n) is 2.05. The predicted octanol–water partition coefficient (Wildman–Crippen LogP) is 2.82. The number of hydrogen-bond donors (Lipinski definition) is 0. The Kier molecular flexibility index (Phi) is 4.75. The number of esters is 1. The first kappa shape index (κ1) is 15.7. The minimum absolute atomic E-state index is 0.314. The van der Waals surface area contributed by atoms with Crippen molar-refractivity contribution in [3.63, 3.8) is 0 Å². The molecule has 0 spiro atoms. The summed E-state index contributed by atoms with van der Waals surface area (Å²) in [6.07, 6.45) is -4.86. The van der Waals surface area contributed by atoms with E-state index in [4.69, 9.17) is 0 Å². The zero-order valence-electron chi connectivity index (χ0n) is 9.33. The van der Waals surface area contributed by atoms with E-state index in [1.54, 1.807) is 0 Å². The van der Waals surface area contributed by atoms with Gasteiger partial charge >= 0.3 is 17.9 Å². The largest absolute Gasteiger partial charge is 0.607 e. The Morgan fingerprint density at radius 2 is 1.89 bits per heavy atom. The van der Waals surface area contributed by atoms with Crippen LogP contribution in [0.2, 0.25) is 0 Å². The molecule has 0 heterocycles. The third kappa shape index (κ3) is 3.80. The maximum absolute atomic E-state index is 12.5. The average Bonchev–Trinajstić information content (AvgIpc) is 2.35. The Balaban J connectivity index is 3.36. The van der Waals surface area contributed by atoms with Crippen molar-refractivity contribution in [2.45, 2.75) is 16.8 Å². The summed E-state index contributed by atoms with van der Waals surface area (Å²) < 4.78 is 77.5. The van der Waals surface area contributed by atoms with Crippen molar-refractivity contribution < 1.29 is 36.0 Å². The highest BCUT2D eigenvalue weighted by molar-refractivity contribution is 7.91. The number of carbonyl (C=O) groups is 1. The number of ether oxygens (including phenoxy) is 1. The van der Waals surface area contributed by atoms with E-state index in [1.807, 2.05) is 0 Å². The molecule has 0 N–H and O–H groups in total. The maximum atomic E-state index is 12.5. The SMILES string of the molecule is COC(=O)c1cc([S+]([O-])C(F)F)cc(C(F)(F)F)c1. The van der Waals surface area contributed by atoms with Crippen LogP contribution in [0.5, 0.6) is 0 Å². The molecular weight excluding hydrogens is 295 g/mol. The van der Waals surface area contributed by atoms with Crippen molar-refractivity contribution in [2.24, 2.45) is 0 Å². The number of benzene rings is 1. The molecule has 9 heteroatoms. The number of halogens is 5. The van der Waals surface area contributed by atoms with Gasteiger partial charge in [-0.15, -0.1) is 0 Å². The Bertz CT molecular complexity index is 475. The van der Waals surface area contributed by atoms with Crippen LogP contribution in [0.15, 0.2) is 23.1 Å². The molecule has 0 saturated carbocycles. The van der Waals surface area contributed by atoms with Crippen LogP contribution in [0.4, 0.5) is 22.0 Å². The second-order valence-electron chi connectivity index (χ2n) is 3.29. The lowest BCUT2D eigenvalue weighted by atomic mass is 10.1. The minimum atomic E-state index is -4.86. The second kappa shape index (κ2) is 5.74. The summed E-state index contributed by atoms with van der Waals surface area (Å²) in [4.78, 5) is 10.4. The molecule has 3 nitrogen and oxygen atoms in total. The van der Waals surface area contributed by atoms with Gasteiger partial charge in [-0.3, -0.25) is 0 Å². The molecule has 1 unspecified atom stereocenters. The molecule has 0 aliphatic rings. The fourth-order valence-electron chi connectivity index (χ4n) is 1.22. The van der Waals surface area contributed by atoms with Crippen LogP contribution in [-0.4, -0.2) is 23.4 Å². The molecule has 19 heavy (non-hydrogen) atoms. The van der Waals surface area contributed by atoms with Gasteiger partial charge in [0.1, 0.15) is 0 Å². The van der Waals surface area contributed by atoms with Gasteiger partial charge in [0.05, 0.1) is 29.4 Å². The van der Waals surface area contributed by atoms with Gasteiger partial charge in [-0.05, 0) is 6.07 Å². The standard InChI is InChI=1S/C10H7F5O3S/c1-18-8(16)5-2-6(10(13,14)15)4-7(3-5)19(17)9(11)12/h2-4,9H,1H3. The van der Waals surface area contributed by atoms with E-state index >= 15 is 0 Å². The number of alkyl halides is 5. The Morgan fingerprint density at radius 3 is 2.32 bits per heavy atom. The zero-order valence-corrected chi connectivity index (χ0v) is 10.1. The van der Waals surface area contributed by atoms with Gasteiger partial charge in [0, 0.05) is 12.1 Å². The highest BCUT2D eigenvalue weighted by Crippen LogP contribution is 2.33. The highest BCUT2D eigenvalue weighted by atomic mass is 32.2. The minimum Gasteiger partial charge on any atom is -0.607 e. The fourth-order valence-corrected chi connectivity index (χ4v) is 1.91. The van der Waals surface area contributed by atoms with Crippen LogP contribution in [-0.2, 0) is 22.1 Å². The summed E-state index contributed by atoms with van der Waals surface area (Å²) in [5, 5.41) is 0. The molecule has 1 rings (SSSR count). The lowest BCUT2D eigenvalue weighted by molar-refractivity contribution is -0.137. The summed E-state index contributed by atoms with van der Waals surface area (Å²) in [5.41, 5.74) is -1.94. The molecule has 106 valence electrons. The van der Waals surface area contributed by atoms with Crippen LogP contribution >= 0.6 is 0 Å². The van der Waals surface area contributed by atoms with Crippen LogP contribution in [0.1, 0.15) is 15.9 Å². The predicted molar refractivity (Wildman–Crippen MR) is 55.2 cm³/mol. The first-order valence-corrected chi connectivity index (χ1v) is 5.87. The first-order valence-electron chi connectivity index (χ1n) is 4.66. The summed E-state index contributed by atoms with van der Waals surface area (Å²) in [6.45, 7) is 0. The molecule has 0 aliphatic heterocycles. The van der Waals surface area contributed by atoms with E-state index in [2.05, 4.69) is 4.74 Å². The monoisotopic (exact) mass is 302 g/mol. The number of methoxy groups -OCH3 is 1. The molecule has 0 radical (unpaired) electrons. The summed E-state index contributed by atoms with van der Waals surface area (Å²) >= 11 is -2.95. The average molecular weight is 302 g/mol. The van der Waals surface area contributed by atoms with Gasteiger partial charge in [-0.25, -0.2) is 4.79 Å². The van der Waals surface area contributed by atoms with Crippen molar-refractivity contribution in [3.05, 3.63) is 29.3 Å². The van der Waals surface area contributed by atoms with Gasteiger partial charge < -0.3 is 9.29 Å². The highest BCUT2D eigenvalue weighted by Gasteiger charge is 2.35. The normalized spacial score (nSPS) is 13.5. The Morgan fingerprint density at radius 1 is 1.32 bits per heavy atom. The molecule has 0 aromatic heterocycles. The van der Waals surface area contributed by atoms with Crippen LogP contribution in [0.3, 0.4) is 0 Å². The van der Waals surface area contributed by atoms with Crippen molar-refractivity contribution in [1.82, 2.24) is 0 Å². The van der Waals surface area contributed by atoms with E-state index in [1.165, 1.54) is 0 Å². The van der Waals surface area contributed by atoms with Crippen LogP contribution in [0.25, 0.3) is 0 Å². The van der Waals surface area contributed by atoms with Crippen molar-refractivity contribution in [3.8, 4) is 0 Å². The van der Waals surface area contributed by atoms with E-state index < -0.39 is 45.1 Å². The Hall–Kier alpha value is -1.35. The van der Waals surface area contributed by atoms with Crippen LogP contribution in [0, 0.1) is 0 Å². The maximum Gasteiger partial charge on any atom is 0.416 e. The molecule has 0 aliphatic carbocycles. The smallest absolute Gasteiger partial charge is 0.416 e. The van der Waals surface area contributed by atoms with Crippen LogP contribution < -0.4 is 0 Å². The summed E-state index contributed by atoms with van der Waals surface area (Å²) in [6, 6.07) is 1.44. The number of rotatable bonds is 3. The molecule has 1 aromatic carbocycles. The summed E-state index contributed by atoms with van der Waals surface area (Å²) in [5.74, 6) is -4.49. The summed E-state index contributed by atoms with van der Waals surface area (Å²) in [7, 11) is 0.923. The zero-order chi connectivity index (χ0) is 14.8. The van der Waals surface area contributed by atoms with Gasteiger partial charge in [-0.1, -0.05) is 0 Å². The van der Waals surface area contributed by atoms with Crippen molar-refractivity contribution in [1.29, 1.82) is 0 Å².